The van der Waals surface area contributed by atoms with Gasteiger partial charge < -0.3 is 10.1 Å². The molecule has 33 heavy (non-hydrogen) atoms. The molecule has 0 bridgehead atoms. The number of nitrogens with zero attached hydrogens (tertiary/aromatic N) is 2. The second-order valence-corrected chi connectivity index (χ2v) is 7.87. The van der Waals surface area contributed by atoms with E-state index in [1.165, 1.54) is 30.3 Å². The van der Waals surface area contributed by atoms with E-state index in [0.717, 1.165) is 0 Å². The molecule has 3 aromatic carbocycles. The lowest BCUT2D eigenvalue weighted by Crippen LogP contribution is -2.13. The first-order valence-electron chi connectivity index (χ1n) is 9.31. The van der Waals surface area contributed by atoms with Gasteiger partial charge in [-0.2, -0.15) is 5.26 Å². The van der Waals surface area contributed by atoms with Gasteiger partial charge in [-0.3, -0.25) is 14.9 Å². The van der Waals surface area contributed by atoms with Crippen molar-refractivity contribution in [3.05, 3.63) is 103 Å². The first kappa shape index (κ1) is 24.1. The molecule has 0 heterocycles. The van der Waals surface area contributed by atoms with Crippen LogP contribution in [0.5, 0.6) is 5.75 Å². The number of amides is 1. The van der Waals surface area contributed by atoms with Crippen molar-refractivity contribution in [1.82, 2.24) is 0 Å². The fraction of sp³-hybridized carbons (Fsp3) is 0.0435. The first-order valence-corrected chi connectivity index (χ1v) is 10.4. The molecule has 0 aliphatic carbocycles. The van der Waals surface area contributed by atoms with Crippen LogP contribution in [0.15, 0.2) is 66.2 Å². The molecule has 0 aliphatic heterocycles. The van der Waals surface area contributed by atoms with Crippen molar-refractivity contribution in [3.63, 3.8) is 0 Å². The van der Waals surface area contributed by atoms with E-state index in [-0.39, 0.29) is 33.7 Å². The fourth-order valence-electron chi connectivity index (χ4n) is 2.77. The molecule has 1 N–H and O–H groups in total. The standard InChI is InChI=1S/C23H14Cl3N3O4/c24-17-10-15(9-16(12-27)23(30)28-21-4-2-1-3-19(21)25)22(20(26)11-17)33-13-14-5-7-18(8-6-14)29(31)32/h1-11H,13H2,(H,28,30)/b16-9+. The minimum absolute atomic E-state index is 0.0356. The van der Waals surface area contributed by atoms with E-state index in [1.807, 2.05) is 6.07 Å². The Hall–Kier alpha value is -3.57. The van der Waals surface area contributed by atoms with Gasteiger partial charge in [-0.15, -0.1) is 0 Å². The van der Waals surface area contributed by atoms with Gasteiger partial charge in [-0.1, -0.05) is 46.9 Å². The largest absolute Gasteiger partial charge is 0.487 e. The van der Waals surface area contributed by atoms with Gasteiger partial charge in [0, 0.05) is 22.7 Å². The van der Waals surface area contributed by atoms with Gasteiger partial charge in [-0.05, 0) is 48.0 Å². The molecule has 0 unspecified atom stereocenters. The van der Waals surface area contributed by atoms with E-state index >= 15 is 0 Å². The highest BCUT2D eigenvalue weighted by atomic mass is 35.5. The lowest BCUT2D eigenvalue weighted by molar-refractivity contribution is -0.384. The summed E-state index contributed by atoms with van der Waals surface area (Å²) in [5.74, 6) is -0.485. The zero-order chi connectivity index (χ0) is 24.0. The maximum absolute atomic E-state index is 12.6. The summed E-state index contributed by atoms with van der Waals surface area (Å²) < 4.78 is 5.80. The predicted octanol–water partition coefficient (Wildman–Crippen LogP) is 6.68. The zero-order valence-corrected chi connectivity index (χ0v) is 19.0. The maximum atomic E-state index is 12.6. The molecule has 0 aliphatic rings. The Labute approximate surface area is 203 Å². The smallest absolute Gasteiger partial charge is 0.269 e. The number of hydrogen-bond donors (Lipinski definition) is 1. The number of anilines is 1. The average molecular weight is 503 g/mol. The highest BCUT2D eigenvalue weighted by Gasteiger charge is 2.16. The van der Waals surface area contributed by atoms with E-state index in [4.69, 9.17) is 39.5 Å². The topological polar surface area (TPSA) is 105 Å². The van der Waals surface area contributed by atoms with Crippen LogP contribution in [0.25, 0.3) is 6.08 Å². The Kier molecular flexibility index (Phi) is 7.91. The van der Waals surface area contributed by atoms with Crippen LogP contribution < -0.4 is 10.1 Å². The third-order valence-corrected chi connectivity index (χ3v) is 5.18. The van der Waals surface area contributed by atoms with E-state index in [2.05, 4.69) is 5.32 Å². The van der Waals surface area contributed by atoms with Crippen LogP contribution in [-0.4, -0.2) is 10.8 Å². The minimum atomic E-state index is -0.678. The van der Waals surface area contributed by atoms with E-state index < -0.39 is 10.8 Å². The molecule has 0 fully saturated rings. The van der Waals surface area contributed by atoms with Crippen molar-refractivity contribution >= 4 is 58.2 Å². The number of para-hydroxylation sites is 1. The maximum Gasteiger partial charge on any atom is 0.269 e. The number of halogens is 3. The summed E-state index contributed by atoms with van der Waals surface area (Å²) in [5, 5.41) is 23.7. The Morgan fingerprint density at radius 2 is 1.79 bits per heavy atom. The lowest BCUT2D eigenvalue weighted by Gasteiger charge is -2.13. The van der Waals surface area contributed by atoms with Crippen LogP contribution >= 0.6 is 34.8 Å². The Morgan fingerprint density at radius 3 is 2.42 bits per heavy atom. The van der Waals surface area contributed by atoms with Crippen LogP contribution in [0, 0.1) is 21.4 Å². The van der Waals surface area contributed by atoms with Crippen molar-refractivity contribution < 1.29 is 14.5 Å². The molecule has 7 nitrogen and oxygen atoms in total. The Balaban J connectivity index is 1.87. The molecule has 10 heteroatoms. The summed E-state index contributed by atoms with van der Waals surface area (Å²) in [6.45, 7) is 0.0356. The molecule has 3 rings (SSSR count). The monoisotopic (exact) mass is 501 g/mol. The Morgan fingerprint density at radius 1 is 1.09 bits per heavy atom. The van der Waals surface area contributed by atoms with Gasteiger partial charge in [-0.25, -0.2) is 0 Å². The van der Waals surface area contributed by atoms with Gasteiger partial charge in [0.1, 0.15) is 24.0 Å². The van der Waals surface area contributed by atoms with E-state index in [9.17, 15) is 20.2 Å². The van der Waals surface area contributed by atoms with Crippen molar-refractivity contribution in [2.24, 2.45) is 0 Å². The number of non-ortho nitro benzene ring substituents is 1. The first-order chi connectivity index (χ1) is 15.8. The number of benzene rings is 3. The predicted molar refractivity (Wildman–Crippen MR) is 128 cm³/mol. The van der Waals surface area contributed by atoms with Crippen LogP contribution in [0.4, 0.5) is 11.4 Å². The SMILES string of the molecule is N#C/C(=C\c1cc(Cl)cc(Cl)c1OCc1ccc([N+](=O)[O-])cc1)C(=O)Nc1ccccc1Cl. The normalized spacial score (nSPS) is 10.9. The fourth-order valence-corrected chi connectivity index (χ4v) is 3.51. The minimum Gasteiger partial charge on any atom is -0.487 e. The van der Waals surface area contributed by atoms with Crippen LogP contribution in [-0.2, 0) is 11.4 Å². The quantitative estimate of drug-likeness (QED) is 0.168. The van der Waals surface area contributed by atoms with Gasteiger partial charge in [0.05, 0.1) is 20.7 Å². The van der Waals surface area contributed by atoms with Gasteiger partial charge in [0.25, 0.3) is 11.6 Å². The lowest BCUT2D eigenvalue weighted by atomic mass is 10.1. The number of rotatable bonds is 7. The third kappa shape index (κ3) is 6.24. The number of ether oxygens (including phenoxy) is 1. The third-order valence-electron chi connectivity index (χ3n) is 4.35. The van der Waals surface area contributed by atoms with Crippen molar-refractivity contribution in [2.45, 2.75) is 6.61 Å². The number of hydrogen-bond acceptors (Lipinski definition) is 5. The summed E-state index contributed by atoms with van der Waals surface area (Å²) in [4.78, 5) is 22.9. The molecular weight excluding hydrogens is 489 g/mol. The molecule has 166 valence electrons. The van der Waals surface area contributed by atoms with Crippen LogP contribution in [0.3, 0.4) is 0 Å². The molecular formula is C23H14Cl3N3O4. The average Bonchev–Trinajstić information content (AvgIpc) is 2.78. The van der Waals surface area contributed by atoms with Gasteiger partial charge in [0.2, 0.25) is 0 Å². The molecule has 0 spiro atoms. The summed E-state index contributed by atoms with van der Waals surface area (Å²) in [6.07, 6.45) is 1.30. The molecule has 0 saturated carbocycles. The molecule has 3 aromatic rings. The summed E-state index contributed by atoms with van der Waals surface area (Å²) in [5.41, 5.74) is 1.03. The second kappa shape index (κ2) is 10.8. The highest BCUT2D eigenvalue weighted by molar-refractivity contribution is 6.36. The second-order valence-electron chi connectivity index (χ2n) is 6.62. The van der Waals surface area contributed by atoms with E-state index in [0.29, 0.717) is 21.8 Å². The number of nitrogens with one attached hydrogen (secondary N) is 1. The van der Waals surface area contributed by atoms with Crippen molar-refractivity contribution in [2.75, 3.05) is 5.32 Å². The number of carbonyl (C=O) groups excluding carboxylic acids is 1. The molecule has 0 radical (unpaired) electrons. The van der Waals surface area contributed by atoms with Crippen LogP contribution in [0.2, 0.25) is 15.1 Å². The molecule has 1 amide bonds. The molecule has 0 atom stereocenters. The number of nitriles is 1. The Bertz CT molecular complexity index is 1290. The highest BCUT2D eigenvalue weighted by Crippen LogP contribution is 2.35. The summed E-state index contributed by atoms with van der Waals surface area (Å²) in [7, 11) is 0. The van der Waals surface area contributed by atoms with Crippen molar-refractivity contribution in [3.8, 4) is 11.8 Å². The van der Waals surface area contributed by atoms with Gasteiger partial charge in [0.15, 0.2) is 0 Å². The zero-order valence-electron chi connectivity index (χ0n) is 16.7. The molecule has 0 saturated heterocycles. The van der Waals surface area contributed by atoms with E-state index in [1.54, 1.807) is 36.4 Å². The number of nitro groups is 1. The number of carbonyl (C=O) groups is 1. The molecule has 0 aromatic heterocycles. The van der Waals surface area contributed by atoms with Gasteiger partial charge >= 0.3 is 0 Å². The summed E-state index contributed by atoms with van der Waals surface area (Å²) >= 11 is 18.5. The van der Waals surface area contributed by atoms with Crippen LogP contribution in [0.1, 0.15) is 11.1 Å². The van der Waals surface area contributed by atoms with Crippen molar-refractivity contribution in [1.29, 1.82) is 5.26 Å². The summed E-state index contributed by atoms with van der Waals surface area (Å²) in [6, 6.07) is 17.2. The number of nitro benzene ring substituents is 1.